The van der Waals surface area contributed by atoms with Crippen molar-refractivity contribution in [2.75, 3.05) is 0 Å². The number of allylic oxidation sites excluding steroid dienone is 4. The van der Waals surface area contributed by atoms with Gasteiger partial charge in [0.2, 0.25) is 0 Å². The minimum Gasteiger partial charge on any atom is -0.106 e. The highest BCUT2D eigenvalue weighted by molar-refractivity contribution is 4.76. The third-order valence-corrected chi connectivity index (χ3v) is 2.72. The standard InChI is InChI=1S/C9H18.C8H16.C3H6.C2H4/c1-3-5-7-9-8-6-4-2;1-3-5-7-8-6-4-2;1-3-2;1-2/h3,5H,4,6-9H2,1-2H3;3H,1,4-8H2,2H3;3H,1H2,2H3;1-2H2/b5-3+;;;. The Morgan fingerprint density at radius 2 is 1.09 bits per heavy atom. The van der Waals surface area contributed by atoms with E-state index in [-0.39, 0.29) is 0 Å². The van der Waals surface area contributed by atoms with Crippen LogP contribution in [0.3, 0.4) is 0 Å². The van der Waals surface area contributed by atoms with Gasteiger partial charge in [0.25, 0.3) is 0 Å². The number of hydrogen-bond acceptors (Lipinski definition) is 0. The second-order valence-electron chi connectivity index (χ2n) is 4.96. The van der Waals surface area contributed by atoms with Gasteiger partial charge in [-0.15, -0.1) is 26.3 Å². The van der Waals surface area contributed by atoms with Gasteiger partial charge in [-0.05, 0) is 39.5 Å². The van der Waals surface area contributed by atoms with Crippen molar-refractivity contribution >= 4 is 0 Å². The van der Waals surface area contributed by atoms with E-state index < -0.39 is 0 Å². The molecule has 0 atom stereocenters. The fourth-order valence-corrected chi connectivity index (χ4v) is 1.57. The molecule has 0 bridgehead atoms. The molecule has 0 unspecified atom stereocenters. The van der Waals surface area contributed by atoms with E-state index in [1.807, 2.05) is 13.0 Å². The Labute approximate surface area is 143 Å². The Morgan fingerprint density at radius 3 is 1.41 bits per heavy atom. The van der Waals surface area contributed by atoms with Gasteiger partial charge in [0.1, 0.15) is 0 Å². The molecule has 0 amide bonds. The van der Waals surface area contributed by atoms with Gasteiger partial charge in [0, 0.05) is 0 Å². The fourth-order valence-electron chi connectivity index (χ4n) is 1.57. The summed E-state index contributed by atoms with van der Waals surface area (Å²) >= 11 is 0. The van der Waals surface area contributed by atoms with Crippen LogP contribution in [-0.2, 0) is 0 Å². The lowest BCUT2D eigenvalue weighted by Gasteiger charge is -1.92. The summed E-state index contributed by atoms with van der Waals surface area (Å²) in [6, 6.07) is 0. The second kappa shape index (κ2) is 42.7. The summed E-state index contributed by atoms with van der Waals surface area (Å²) in [5.41, 5.74) is 0. The van der Waals surface area contributed by atoms with E-state index >= 15 is 0 Å². The van der Waals surface area contributed by atoms with Gasteiger partial charge in [-0.2, -0.15) is 0 Å². The molecule has 0 aromatic heterocycles. The average molecular weight is 309 g/mol. The Kier molecular flexibility index (Phi) is 56.4. The van der Waals surface area contributed by atoms with Crippen LogP contribution in [0.15, 0.2) is 50.6 Å². The normalized spacial score (nSPS) is 8.55. The van der Waals surface area contributed by atoms with Gasteiger partial charge >= 0.3 is 0 Å². The summed E-state index contributed by atoms with van der Waals surface area (Å²) in [4.78, 5) is 0. The smallest absolute Gasteiger partial charge is 0.0351 e. The van der Waals surface area contributed by atoms with Crippen molar-refractivity contribution in [3.8, 4) is 0 Å². The third-order valence-electron chi connectivity index (χ3n) is 2.72. The summed E-state index contributed by atoms with van der Waals surface area (Å²) < 4.78 is 0. The SMILES string of the molecule is C/C=C/CCCCCC.C=C.C=CC.C=CCCCCCC. The number of unbranched alkanes of at least 4 members (excludes halogenated alkanes) is 8. The van der Waals surface area contributed by atoms with Crippen molar-refractivity contribution in [1.29, 1.82) is 0 Å². The minimum atomic E-state index is 1.19. The van der Waals surface area contributed by atoms with Crippen molar-refractivity contribution < 1.29 is 0 Å². The molecule has 0 aromatic rings. The van der Waals surface area contributed by atoms with Gasteiger partial charge in [0.05, 0.1) is 0 Å². The quantitative estimate of drug-likeness (QED) is 0.280. The first kappa shape index (κ1) is 29.0. The van der Waals surface area contributed by atoms with E-state index in [9.17, 15) is 0 Å². The molecule has 0 spiro atoms. The molecule has 0 radical (unpaired) electrons. The van der Waals surface area contributed by atoms with Gasteiger partial charge in [0.15, 0.2) is 0 Å². The molecule has 0 rings (SSSR count). The zero-order valence-electron chi connectivity index (χ0n) is 16.2. The van der Waals surface area contributed by atoms with Crippen LogP contribution in [0, 0.1) is 0 Å². The van der Waals surface area contributed by atoms with E-state index in [4.69, 9.17) is 0 Å². The Balaban J connectivity index is -0.000000114. The van der Waals surface area contributed by atoms with Gasteiger partial charge in [-0.3, -0.25) is 0 Å². The molecule has 0 saturated heterocycles. The monoisotopic (exact) mass is 308 g/mol. The lowest BCUT2D eigenvalue weighted by Crippen LogP contribution is -1.72. The van der Waals surface area contributed by atoms with Crippen molar-refractivity contribution in [1.82, 2.24) is 0 Å². The highest BCUT2D eigenvalue weighted by Crippen LogP contribution is 2.02. The minimum absolute atomic E-state index is 1.19. The summed E-state index contributed by atoms with van der Waals surface area (Å²) in [5, 5.41) is 0. The predicted octanol–water partition coefficient (Wildman–Crippen LogP) is 8.67. The molecule has 0 saturated carbocycles. The van der Waals surface area contributed by atoms with Crippen LogP contribution in [0.4, 0.5) is 0 Å². The predicted molar refractivity (Wildman–Crippen MR) is 110 cm³/mol. The molecule has 0 heterocycles. The molecule has 132 valence electrons. The van der Waals surface area contributed by atoms with Crippen molar-refractivity contribution in [3.63, 3.8) is 0 Å². The molecule has 0 N–H and O–H groups in total. The van der Waals surface area contributed by atoms with Crippen molar-refractivity contribution in [2.24, 2.45) is 0 Å². The summed E-state index contributed by atoms with van der Waals surface area (Å²) in [6.45, 7) is 21.5. The van der Waals surface area contributed by atoms with E-state index in [1.165, 1.54) is 64.2 Å². The van der Waals surface area contributed by atoms with E-state index in [0.29, 0.717) is 0 Å². The first-order valence-electron chi connectivity index (χ1n) is 9.04. The van der Waals surface area contributed by atoms with Crippen LogP contribution in [0.25, 0.3) is 0 Å². The summed E-state index contributed by atoms with van der Waals surface area (Å²) in [6.07, 6.45) is 21.5. The zero-order chi connectivity index (χ0) is 17.9. The lowest BCUT2D eigenvalue weighted by molar-refractivity contribution is 0.674. The van der Waals surface area contributed by atoms with E-state index in [2.05, 4.69) is 59.2 Å². The highest BCUT2D eigenvalue weighted by atomic mass is 13.9. The maximum Gasteiger partial charge on any atom is -0.0351 e. The molecule has 0 aromatic carbocycles. The van der Waals surface area contributed by atoms with Crippen LogP contribution in [0.1, 0.15) is 91.9 Å². The first-order chi connectivity index (χ1) is 10.7. The third kappa shape index (κ3) is 61.6. The highest BCUT2D eigenvalue weighted by Gasteiger charge is 1.82. The molecule has 0 aliphatic rings. The molecule has 0 aliphatic heterocycles. The van der Waals surface area contributed by atoms with Gasteiger partial charge in [-0.1, -0.05) is 76.7 Å². The van der Waals surface area contributed by atoms with Crippen LogP contribution in [0.2, 0.25) is 0 Å². The summed E-state index contributed by atoms with van der Waals surface area (Å²) in [5.74, 6) is 0. The summed E-state index contributed by atoms with van der Waals surface area (Å²) in [7, 11) is 0. The largest absolute Gasteiger partial charge is 0.106 e. The van der Waals surface area contributed by atoms with E-state index in [0.717, 1.165) is 0 Å². The molecular weight excluding hydrogens is 264 g/mol. The lowest BCUT2D eigenvalue weighted by atomic mass is 10.1. The Bertz CT molecular complexity index is 188. The van der Waals surface area contributed by atoms with Crippen molar-refractivity contribution in [2.45, 2.75) is 91.9 Å². The molecule has 0 heteroatoms. The van der Waals surface area contributed by atoms with E-state index in [1.54, 1.807) is 6.08 Å². The molecular formula is C22H44. The zero-order valence-corrected chi connectivity index (χ0v) is 16.2. The number of hydrogen-bond donors (Lipinski definition) is 0. The average Bonchev–Trinajstić information content (AvgIpc) is 2.55. The van der Waals surface area contributed by atoms with Crippen molar-refractivity contribution in [3.05, 3.63) is 50.6 Å². The topological polar surface area (TPSA) is 0 Å². The Morgan fingerprint density at radius 1 is 0.682 bits per heavy atom. The van der Waals surface area contributed by atoms with Crippen LogP contribution < -0.4 is 0 Å². The molecule has 22 heavy (non-hydrogen) atoms. The first-order valence-corrected chi connectivity index (χ1v) is 9.04. The Hall–Kier alpha value is -1.04. The maximum absolute atomic E-state index is 3.66. The molecule has 0 aliphatic carbocycles. The van der Waals surface area contributed by atoms with Gasteiger partial charge < -0.3 is 0 Å². The second-order valence-corrected chi connectivity index (χ2v) is 4.96. The van der Waals surface area contributed by atoms with Crippen LogP contribution >= 0.6 is 0 Å². The van der Waals surface area contributed by atoms with Crippen LogP contribution in [0.5, 0.6) is 0 Å². The molecule has 0 fully saturated rings. The molecule has 0 nitrogen and oxygen atoms in total. The number of rotatable bonds is 10. The fraction of sp³-hybridized carbons (Fsp3) is 0.636. The van der Waals surface area contributed by atoms with Crippen LogP contribution in [-0.4, -0.2) is 0 Å². The maximum atomic E-state index is 3.66. The van der Waals surface area contributed by atoms with Gasteiger partial charge in [-0.25, -0.2) is 0 Å².